The van der Waals surface area contributed by atoms with Gasteiger partial charge in [0.1, 0.15) is 11.6 Å². The van der Waals surface area contributed by atoms with E-state index in [-0.39, 0.29) is 29.9 Å². The van der Waals surface area contributed by atoms with Crippen LogP contribution in [0.5, 0.6) is 0 Å². The molecule has 29 heavy (non-hydrogen) atoms. The molecule has 0 bridgehead atoms. The molecule has 1 amide bonds. The normalized spacial score (nSPS) is 18.1. The lowest BCUT2D eigenvalue weighted by Crippen LogP contribution is -2.45. The van der Waals surface area contributed by atoms with Crippen molar-refractivity contribution in [2.24, 2.45) is 0 Å². The van der Waals surface area contributed by atoms with Crippen molar-refractivity contribution in [3.63, 3.8) is 0 Å². The van der Waals surface area contributed by atoms with E-state index in [1.807, 2.05) is 7.05 Å². The van der Waals surface area contributed by atoms with Gasteiger partial charge in [0, 0.05) is 51.2 Å². The van der Waals surface area contributed by atoms with E-state index in [0.717, 1.165) is 39.0 Å². The zero-order valence-corrected chi connectivity index (χ0v) is 18.7. The summed E-state index contributed by atoms with van der Waals surface area (Å²) in [6.07, 6.45) is 7.49. The number of nitriles is 1. The number of rotatable bonds is 4. The molecule has 1 saturated heterocycles. The molecule has 0 aromatic heterocycles. The Hall–Kier alpha value is -2.19. The Kier molecular flexibility index (Phi) is 8.40. The summed E-state index contributed by atoms with van der Waals surface area (Å²) in [6.45, 7) is 7.74. The van der Waals surface area contributed by atoms with Crippen LogP contribution in [0.1, 0.15) is 43.2 Å². The smallest absolute Gasteiger partial charge is 0.265 e. The number of amides is 1. The van der Waals surface area contributed by atoms with Crippen LogP contribution in [0.25, 0.3) is 0 Å². The first-order valence-electron chi connectivity index (χ1n) is 10.5. The summed E-state index contributed by atoms with van der Waals surface area (Å²) in [5.74, 6) is -0.133. The van der Waals surface area contributed by atoms with E-state index >= 15 is 0 Å². The van der Waals surface area contributed by atoms with Gasteiger partial charge < -0.3 is 14.7 Å². The second kappa shape index (κ2) is 10.5. The standard InChI is InChI=1S/C23H32N4O.ClH/c1-18-8-7-11-22(19(18)2)27-14-12-26(13-15-27)17-20(16-24)23(28)25(3)21-9-5-4-6-10-21;/h7-8,11,17,21H,4-6,9-10,12-15H2,1-3H3;1H/b20-17-;. The quantitative estimate of drug-likeness (QED) is 0.549. The zero-order chi connectivity index (χ0) is 20.1. The monoisotopic (exact) mass is 416 g/mol. The van der Waals surface area contributed by atoms with Gasteiger partial charge in [0.25, 0.3) is 5.91 Å². The minimum absolute atomic E-state index is 0. The fourth-order valence-electron chi connectivity index (χ4n) is 4.31. The van der Waals surface area contributed by atoms with E-state index < -0.39 is 0 Å². The lowest BCUT2D eigenvalue weighted by atomic mass is 9.94. The van der Waals surface area contributed by atoms with Gasteiger partial charge >= 0.3 is 0 Å². The highest BCUT2D eigenvalue weighted by Crippen LogP contribution is 2.25. The summed E-state index contributed by atoms with van der Waals surface area (Å²) in [7, 11) is 1.85. The molecule has 2 aliphatic rings. The highest BCUT2D eigenvalue weighted by atomic mass is 35.5. The van der Waals surface area contributed by atoms with Gasteiger partial charge in [-0.3, -0.25) is 4.79 Å². The molecule has 1 saturated carbocycles. The molecule has 0 unspecified atom stereocenters. The van der Waals surface area contributed by atoms with Crippen molar-refractivity contribution in [1.82, 2.24) is 9.80 Å². The molecule has 1 aromatic rings. The Morgan fingerprint density at radius 1 is 1.14 bits per heavy atom. The highest BCUT2D eigenvalue weighted by molar-refractivity contribution is 5.97. The summed E-state index contributed by atoms with van der Waals surface area (Å²) < 4.78 is 0. The Labute approximate surface area is 181 Å². The summed E-state index contributed by atoms with van der Waals surface area (Å²) >= 11 is 0. The number of piperazine rings is 1. The maximum Gasteiger partial charge on any atom is 0.265 e. The van der Waals surface area contributed by atoms with Gasteiger partial charge in [-0.1, -0.05) is 31.4 Å². The van der Waals surface area contributed by atoms with Crippen molar-refractivity contribution >= 4 is 24.0 Å². The summed E-state index contributed by atoms with van der Waals surface area (Å²) in [4.78, 5) is 19.1. The lowest BCUT2D eigenvalue weighted by molar-refractivity contribution is -0.128. The van der Waals surface area contributed by atoms with Crippen LogP contribution in [-0.4, -0.2) is 55.0 Å². The van der Waals surface area contributed by atoms with Crippen molar-refractivity contribution in [2.45, 2.75) is 52.0 Å². The van der Waals surface area contributed by atoms with Gasteiger partial charge in [0.2, 0.25) is 0 Å². The zero-order valence-electron chi connectivity index (χ0n) is 17.9. The van der Waals surface area contributed by atoms with Gasteiger partial charge in [0.15, 0.2) is 0 Å². The van der Waals surface area contributed by atoms with E-state index in [0.29, 0.717) is 0 Å². The van der Waals surface area contributed by atoms with Crippen LogP contribution in [0, 0.1) is 25.2 Å². The van der Waals surface area contributed by atoms with Crippen molar-refractivity contribution in [2.75, 3.05) is 38.1 Å². The summed E-state index contributed by atoms with van der Waals surface area (Å²) in [5.41, 5.74) is 4.18. The Balaban J connectivity index is 0.00000300. The molecule has 2 fully saturated rings. The molecule has 1 aliphatic carbocycles. The topological polar surface area (TPSA) is 50.6 Å². The number of anilines is 1. The molecule has 3 rings (SSSR count). The maximum absolute atomic E-state index is 12.8. The number of hydrogen-bond acceptors (Lipinski definition) is 4. The first kappa shape index (κ1) is 23.1. The Morgan fingerprint density at radius 3 is 2.41 bits per heavy atom. The molecule has 0 spiro atoms. The van der Waals surface area contributed by atoms with E-state index in [4.69, 9.17) is 0 Å². The van der Waals surface area contributed by atoms with Crippen molar-refractivity contribution < 1.29 is 4.79 Å². The Morgan fingerprint density at radius 2 is 1.79 bits per heavy atom. The second-order valence-corrected chi connectivity index (χ2v) is 8.10. The van der Waals surface area contributed by atoms with Crippen LogP contribution in [-0.2, 0) is 4.79 Å². The second-order valence-electron chi connectivity index (χ2n) is 8.10. The van der Waals surface area contributed by atoms with Crippen LogP contribution in [0.2, 0.25) is 0 Å². The van der Waals surface area contributed by atoms with Crippen LogP contribution < -0.4 is 4.90 Å². The van der Waals surface area contributed by atoms with E-state index in [1.165, 1.54) is 36.1 Å². The highest BCUT2D eigenvalue weighted by Gasteiger charge is 2.25. The average Bonchev–Trinajstić information content (AvgIpc) is 2.74. The van der Waals surface area contributed by atoms with E-state index in [2.05, 4.69) is 47.9 Å². The predicted molar refractivity (Wildman–Crippen MR) is 120 cm³/mol. The molecule has 158 valence electrons. The van der Waals surface area contributed by atoms with E-state index in [9.17, 15) is 10.1 Å². The number of hydrogen-bond donors (Lipinski definition) is 0. The largest absolute Gasteiger partial charge is 0.373 e. The van der Waals surface area contributed by atoms with Crippen LogP contribution in [0.3, 0.4) is 0 Å². The minimum atomic E-state index is -0.133. The number of carbonyl (C=O) groups excluding carboxylic acids is 1. The van der Waals surface area contributed by atoms with Gasteiger partial charge in [-0.15, -0.1) is 12.4 Å². The number of likely N-dealkylation sites (N-methyl/N-ethyl adjacent to an activating group) is 1. The van der Waals surface area contributed by atoms with E-state index in [1.54, 1.807) is 11.1 Å². The van der Waals surface area contributed by atoms with Crippen molar-refractivity contribution in [3.05, 3.63) is 41.1 Å². The van der Waals surface area contributed by atoms with Gasteiger partial charge in [-0.05, 0) is 43.9 Å². The van der Waals surface area contributed by atoms with Crippen LogP contribution >= 0.6 is 12.4 Å². The summed E-state index contributed by atoms with van der Waals surface area (Å²) in [5, 5.41) is 9.57. The molecule has 1 aromatic carbocycles. The fraction of sp³-hybridized carbons (Fsp3) is 0.565. The average molecular weight is 417 g/mol. The first-order chi connectivity index (χ1) is 13.5. The third-order valence-corrected chi connectivity index (χ3v) is 6.34. The van der Waals surface area contributed by atoms with Gasteiger partial charge in [-0.25, -0.2) is 0 Å². The third kappa shape index (κ3) is 5.45. The number of aryl methyl sites for hydroxylation is 1. The van der Waals surface area contributed by atoms with Crippen LogP contribution in [0.15, 0.2) is 30.0 Å². The Bertz CT molecular complexity index is 772. The van der Waals surface area contributed by atoms with Gasteiger partial charge in [0.05, 0.1) is 0 Å². The number of benzene rings is 1. The number of carbonyl (C=O) groups is 1. The first-order valence-corrected chi connectivity index (χ1v) is 10.5. The SMILES string of the molecule is Cc1cccc(N2CCN(/C=C(/C#N)C(=O)N(C)C3CCCCC3)CC2)c1C.Cl. The molecule has 5 nitrogen and oxygen atoms in total. The number of halogens is 1. The molecule has 1 aliphatic heterocycles. The molecular formula is C23H33ClN4O. The number of nitrogens with zero attached hydrogens (tertiary/aromatic N) is 4. The molecule has 1 heterocycles. The lowest BCUT2D eigenvalue weighted by Gasteiger charge is -2.37. The van der Waals surface area contributed by atoms with Crippen molar-refractivity contribution in [1.29, 1.82) is 5.26 Å². The summed E-state index contributed by atoms with van der Waals surface area (Å²) in [6, 6.07) is 8.85. The fourth-order valence-corrected chi connectivity index (χ4v) is 4.31. The maximum atomic E-state index is 12.8. The van der Waals surface area contributed by atoms with Crippen molar-refractivity contribution in [3.8, 4) is 6.07 Å². The molecular weight excluding hydrogens is 384 g/mol. The third-order valence-electron chi connectivity index (χ3n) is 6.34. The van der Waals surface area contributed by atoms with Crippen LogP contribution in [0.4, 0.5) is 5.69 Å². The van der Waals surface area contributed by atoms with Gasteiger partial charge in [-0.2, -0.15) is 5.26 Å². The minimum Gasteiger partial charge on any atom is -0.373 e. The molecule has 0 radical (unpaired) electrons. The molecule has 6 heteroatoms. The molecule has 0 N–H and O–H groups in total. The molecule has 0 atom stereocenters. The predicted octanol–water partition coefficient (Wildman–Crippen LogP) is 4.05.